The second-order valence-electron chi connectivity index (χ2n) is 2.47. The zero-order chi connectivity index (χ0) is 9.61. The van der Waals surface area contributed by atoms with Gasteiger partial charge >= 0.3 is 0 Å². The van der Waals surface area contributed by atoms with Crippen LogP contribution in [0.25, 0.3) is 0 Å². The molecule has 0 aliphatic heterocycles. The van der Waals surface area contributed by atoms with Crippen molar-refractivity contribution in [2.45, 2.75) is 24.7 Å². The second-order valence-corrected chi connectivity index (χ2v) is 5.15. The lowest BCUT2D eigenvalue weighted by atomic mass is 10.4. The van der Waals surface area contributed by atoms with Gasteiger partial charge in [0.1, 0.15) is 0 Å². The summed E-state index contributed by atoms with van der Waals surface area (Å²) in [5.41, 5.74) is 0. The number of hydrogen-bond donors (Lipinski definition) is 2. The van der Waals surface area contributed by atoms with E-state index in [2.05, 4.69) is 21.2 Å². The van der Waals surface area contributed by atoms with Gasteiger partial charge in [0.25, 0.3) is 10.1 Å². The Balaban J connectivity index is 3.34. The Morgan fingerprint density at radius 3 is 2.58 bits per heavy atom. The summed E-state index contributed by atoms with van der Waals surface area (Å²) in [6, 6.07) is 0. The third-order valence-corrected chi connectivity index (χ3v) is 3.08. The molecular formula is C6H14BrNO3S. The third-order valence-electron chi connectivity index (χ3n) is 1.30. The third kappa shape index (κ3) is 8.45. The van der Waals surface area contributed by atoms with Crippen LogP contribution in [-0.4, -0.2) is 30.2 Å². The van der Waals surface area contributed by atoms with Gasteiger partial charge in [-0.25, -0.2) is 0 Å². The Morgan fingerprint density at radius 2 is 2.17 bits per heavy atom. The predicted octanol–water partition coefficient (Wildman–Crippen LogP) is 0.985. The van der Waals surface area contributed by atoms with Gasteiger partial charge in [-0.15, -0.1) is 0 Å². The van der Waals surface area contributed by atoms with Crippen LogP contribution >= 0.6 is 15.9 Å². The fraction of sp³-hybridized carbons (Fsp3) is 1.00. The number of nitrogens with one attached hydrogen (secondary N) is 1. The summed E-state index contributed by atoms with van der Waals surface area (Å²) >= 11 is 3.33. The minimum absolute atomic E-state index is 0.177. The first-order valence-electron chi connectivity index (χ1n) is 3.78. The van der Waals surface area contributed by atoms with Crippen LogP contribution in [0.1, 0.15) is 19.8 Å². The number of hydrogen-bond acceptors (Lipinski definition) is 3. The van der Waals surface area contributed by atoms with Gasteiger partial charge in [0.2, 0.25) is 0 Å². The molecule has 0 saturated carbocycles. The molecule has 0 heterocycles. The van der Waals surface area contributed by atoms with E-state index in [4.69, 9.17) is 4.55 Å². The molecule has 74 valence electrons. The molecule has 0 fully saturated rings. The van der Waals surface area contributed by atoms with Gasteiger partial charge in [-0.05, 0) is 19.4 Å². The summed E-state index contributed by atoms with van der Waals surface area (Å²) in [6.07, 6.45) is 1.37. The second kappa shape index (κ2) is 5.90. The molecule has 1 unspecified atom stereocenters. The van der Waals surface area contributed by atoms with Crippen molar-refractivity contribution in [2.24, 2.45) is 0 Å². The van der Waals surface area contributed by atoms with Gasteiger partial charge < -0.3 is 5.32 Å². The number of alkyl halides is 1. The quantitative estimate of drug-likeness (QED) is 0.323. The predicted molar refractivity (Wildman–Crippen MR) is 52.0 cm³/mol. The molecule has 0 aromatic rings. The molecule has 0 aliphatic rings. The summed E-state index contributed by atoms with van der Waals surface area (Å²) in [5.74, 6) is -0.177. The van der Waals surface area contributed by atoms with Gasteiger partial charge in [-0.3, -0.25) is 4.55 Å². The van der Waals surface area contributed by atoms with E-state index in [-0.39, 0.29) is 10.7 Å². The summed E-state index contributed by atoms with van der Waals surface area (Å²) in [5, 5.41) is 3.05. The SMILES string of the molecule is CCC(Br)NCCCS(=O)(=O)O. The van der Waals surface area contributed by atoms with Crippen molar-refractivity contribution >= 4 is 26.0 Å². The van der Waals surface area contributed by atoms with Crippen LogP contribution < -0.4 is 5.32 Å². The standard InChI is InChI=1S/C6H14BrNO3S/c1-2-6(7)8-4-3-5-12(9,10)11/h6,8H,2-5H2,1H3,(H,9,10,11). The van der Waals surface area contributed by atoms with Gasteiger partial charge in [0.05, 0.1) is 10.7 Å². The topological polar surface area (TPSA) is 66.4 Å². The van der Waals surface area contributed by atoms with Crippen LogP contribution in [0.2, 0.25) is 0 Å². The van der Waals surface area contributed by atoms with Crippen LogP contribution in [0, 0.1) is 0 Å². The van der Waals surface area contributed by atoms with Gasteiger partial charge in [0.15, 0.2) is 0 Å². The fourth-order valence-corrected chi connectivity index (χ4v) is 1.40. The van der Waals surface area contributed by atoms with Crippen LogP contribution in [0.5, 0.6) is 0 Å². The van der Waals surface area contributed by atoms with Crippen LogP contribution in [0.15, 0.2) is 0 Å². The lowest BCUT2D eigenvalue weighted by Gasteiger charge is -2.07. The largest absolute Gasteiger partial charge is 0.305 e. The molecule has 2 N–H and O–H groups in total. The molecule has 0 radical (unpaired) electrons. The lowest BCUT2D eigenvalue weighted by molar-refractivity contribution is 0.479. The van der Waals surface area contributed by atoms with E-state index < -0.39 is 10.1 Å². The van der Waals surface area contributed by atoms with Crippen LogP contribution in [-0.2, 0) is 10.1 Å². The van der Waals surface area contributed by atoms with E-state index in [0.29, 0.717) is 13.0 Å². The molecule has 0 bridgehead atoms. The molecule has 0 aromatic carbocycles. The molecule has 0 amide bonds. The summed E-state index contributed by atoms with van der Waals surface area (Å²) < 4.78 is 28.9. The van der Waals surface area contributed by atoms with Crippen molar-refractivity contribution in [3.8, 4) is 0 Å². The zero-order valence-corrected chi connectivity index (χ0v) is 9.36. The monoisotopic (exact) mass is 259 g/mol. The van der Waals surface area contributed by atoms with Gasteiger partial charge in [-0.1, -0.05) is 22.9 Å². The Labute approximate surface area is 81.6 Å². The maximum atomic E-state index is 10.3. The van der Waals surface area contributed by atoms with E-state index in [1.807, 2.05) is 6.92 Å². The van der Waals surface area contributed by atoms with Crippen LogP contribution in [0.3, 0.4) is 0 Å². The molecule has 0 aliphatic carbocycles. The van der Waals surface area contributed by atoms with Crippen LogP contribution in [0.4, 0.5) is 0 Å². The summed E-state index contributed by atoms with van der Waals surface area (Å²) in [4.78, 5) is 0.221. The van der Waals surface area contributed by atoms with Crippen molar-refractivity contribution < 1.29 is 13.0 Å². The lowest BCUT2D eigenvalue weighted by Crippen LogP contribution is -2.25. The molecule has 0 aromatic heterocycles. The number of rotatable bonds is 6. The van der Waals surface area contributed by atoms with Gasteiger partial charge in [-0.2, -0.15) is 8.42 Å². The van der Waals surface area contributed by atoms with Gasteiger partial charge in [0, 0.05) is 0 Å². The van der Waals surface area contributed by atoms with Crippen molar-refractivity contribution in [3.63, 3.8) is 0 Å². The average Bonchev–Trinajstić information content (AvgIpc) is 1.96. The Hall–Kier alpha value is 0.350. The Kier molecular flexibility index (Phi) is 6.08. The molecule has 1 atom stereocenters. The van der Waals surface area contributed by atoms with E-state index in [1.54, 1.807) is 0 Å². The van der Waals surface area contributed by atoms with E-state index in [0.717, 1.165) is 6.42 Å². The molecule has 0 rings (SSSR count). The molecular weight excluding hydrogens is 246 g/mol. The number of halogens is 1. The summed E-state index contributed by atoms with van der Waals surface area (Å²) in [6.45, 7) is 2.60. The smallest absolute Gasteiger partial charge is 0.264 e. The van der Waals surface area contributed by atoms with Crippen molar-refractivity contribution in [1.82, 2.24) is 5.32 Å². The minimum atomic E-state index is -3.78. The highest BCUT2D eigenvalue weighted by Crippen LogP contribution is 1.99. The highest BCUT2D eigenvalue weighted by atomic mass is 79.9. The molecule has 0 saturated heterocycles. The highest BCUT2D eigenvalue weighted by molar-refractivity contribution is 9.09. The fourth-order valence-electron chi connectivity index (χ4n) is 0.658. The Morgan fingerprint density at radius 1 is 1.58 bits per heavy atom. The summed E-state index contributed by atoms with van der Waals surface area (Å²) in [7, 11) is -3.78. The normalized spacial score (nSPS) is 14.6. The van der Waals surface area contributed by atoms with Crippen molar-refractivity contribution in [2.75, 3.05) is 12.3 Å². The maximum Gasteiger partial charge on any atom is 0.264 e. The highest BCUT2D eigenvalue weighted by Gasteiger charge is 2.04. The van der Waals surface area contributed by atoms with E-state index >= 15 is 0 Å². The maximum absolute atomic E-state index is 10.3. The molecule has 12 heavy (non-hydrogen) atoms. The average molecular weight is 260 g/mol. The Bertz CT molecular complexity index is 205. The van der Waals surface area contributed by atoms with Crippen molar-refractivity contribution in [1.29, 1.82) is 0 Å². The minimum Gasteiger partial charge on any atom is -0.305 e. The first kappa shape index (κ1) is 12.3. The molecule has 6 heteroatoms. The van der Waals surface area contributed by atoms with Crippen molar-refractivity contribution in [3.05, 3.63) is 0 Å². The van der Waals surface area contributed by atoms with E-state index in [9.17, 15) is 8.42 Å². The van der Waals surface area contributed by atoms with E-state index in [1.165, 1.54) is 0 Å². The first-order chi connectivity index (χ1) is 5.45. The molecule has 0 spiro atoms. The zero-order valence-electron chi connectivity index (χ0n) is 6.96. The molecule has 4 nitrogen and oxygen atoms in total. The first-order valence-corrected chi connectivity index (χ1v) is 6.31.